The third-order valence-corrected chi connectivity index (χ3v) is 5.54. The van der Waals surface area contributed by atoms with Crippen molar-refractivity contribution in [2.24, 2.45) is 5.73 Å². The number of fused-ring (bicyclic) bond motifs is 1. The lowest BCUT2D eigenvalue weighted by Gasteiger charge is -2.47. The molecule has 0 heterocycles. The highest BCUT2D eigenvalue weighted by molar-refractivity contribution is 9.10. The Balaban J connectivity index is 2.23. The fourth-order valence-electron chi connectivity index (χ4n) is 3.51. The van der Waals surface area contributed by atoms with Crippen LogP contribution in [-0.4, -0.2) is 30.1 Å². The molecule has 1 aromatic rings. The standard InChI is InChI=1S/C17H27BrN2/c1-4-5-13(2)20(3)17(12-19)9-8-14-10-16(18)7-6-15(14)11-17/h6-7,10,13H,4-5,8-9,11-12,19H2,1-3H3. The molecule has 0 radical (unpaired) electrons. The van der Waals surface area contributed by atoms with Gasteiger partial charge in [-0.25, -0.2) is 0 Å². The number of hydrogen-bond donors (Lipinski definition) is 1. The van der Waals surface area contributed by atoms with Crippen molar-refractivity contribution in [1.29, 1.82) is 0 Å². The van der Waals surface area contributed by atoms with E-state index >= 15 is 0 Å². The number of halogens is 1. The quantitative estimate of drug-likeness (QED) is 0.885. The molecule has 0 bridgehead atoms. The maximum atomic E-state index is 6.21. The summed E-state index contributed by atoms with van der Waals surface area (Å²) >= 11 is 3.57. The minimum absolute atomic E-state index is 0.134. The summed E-state index contributed by atoms with van der Waals surface area (Å²) in [4.78, 5) is 2.54. The van der Waals surface area contributed by atoms with Crippen molar-refractivity contribution in [3.05, 3.63) is 33.8 Å². The molecule has 1 aliphatic carbocycles. The second-order valence-electron chi connectivity index (χ2n) is 6.27. The monoisotopic (exact) mass is 338 g/mol. The van der Waals surface area contributed by atoms with Gasteiger partial charge >= 0.3 is 0 Å². The van der Waals surface area contributed by atoms with Gasteiger partial charge in [-0.05, 0) is 62.9 Å². The summed E-state index contributed by atoms with van der Waals surface area (Å²) in [6.45, 7) is 5.33. The Morgan fingerprint density at radius 3 is 2.80 bits per heavy atom. The molecule has 0 aromatic heterocycles. The van der Waals surface area contributed by atoms with E-state index in [1.165, 1.54) is 28.4 Å². The molecule has 2 rings (SSSR count). The average Bonchev–Trinajstić information content (AvgIpc) is 2.46. The molecule has 1 aromatic carbocycles. The maximum absolute atomic E-state index is 6.21. The predicted molar refractivity (Wildman–Crippen MR) is 90.1 cm³/mol. The van der Waals surface area contributed by atoms with E-state index in [0.29, 0.717) is 6.04 Å². The maximum Gasteiger partial charge on any atom is 0.0374 e. The zero-order chi connectivity index (χ0) is 14.8. The molecule has 2 atom stereocenters. The van der Waals surface area contributed by atoms with Crippen LogP contribution in [0.4, 0.5) is 0 Å². The lowest BCUT2D eigenvalue weighted by molar-refractivity contribution is 0.0666. The normalized spacial score (nSPS) is 23.7. The largest absolute Gasteiger partial charge is 0.329 e. The Morgan fingerprint density at radius 2 is 2.15 bits per heavy atom. The van der Waals surface area contributed by atoms with Crippen molar-refractivity contribution < 1.29 is 0 Å². The van der Waals surface area contributed by atoms with Crippen LogP contribution < -0.4 is 5.73 Å². The summed E-state index contributed by atoms with van der Waals surface area (Å²) in [6.07, 6.45) is 5.85. The van der Waals surface area contributed by atoms with E-state index in [9.17, 15) is 0 Å². The summed E-state index contributed by atoms with van der Waals surface area (Å²) in [6, 6.07) is 7.29. The summed E-state index contributed by atoms with van der Waals surface area (Å²) in [5.41, 5.74) is 9.30. The van der Waals surface area contributed by atoms with E-state index in [1.54, 1.807) is 0 Å². The number of nitrogens with two attached hydrogens (primary N) is 1. The Labute approximate surface area is 131 Å². The summed E-state index contributed by atoms with van der Waals surface area (Å²) in [7, 11) is 2.26. The van der Waals surface area contributed by atoms with Crippen molar-refractivity contribution in [2.45, 2.75) is 57.5 Å². The first kappa shape index (κ1) is 16.0. The van der Waals surface area contributed by atoms with E-state index in [-0.39, 0.29) is 5.54 Å². The molecule has 1 aliphatic rings. The fourth-order valence-corrected chi connectivity index (χ4v) is 3.92. The SMILES string of the molecule is CCCC(C)N(C)C1(CN)CCc2cc(Br)ccc2C1. The fraction of sp³-hybridized carbons (Fsp3) is 0.647. The van der Waals surface area contributed by atoms with Gasteiger partial charge in [-0.2, -0.15) is 0 Å². The molecule has 0 saturated heterocycles. The molecule has 112 valence electrons. The highest BCUT2D eigenvalue weighted by atomic mass is 79.9. The van der Waals surface area contributed by atoms with Crippen molar-refractivity contribution in [1.82, 2.24) is 4.90 Å². The first-order chi connectivity index (χ1) is 9.52. The second kappa shape index (κ2) is 6.59. The molecule has 0 saturated carbocycles. The Kier molecular flexibility index (Phi) is 5.27. The van der Waals surface area contributed by atoms with Gasteiger partial charge in [-0.1, -0.05) is 35.3 Å². The van der Waals surface area contributed by atoms with Crippen molar-refractivity contribution in [2.75, 3.05) is 13.6 Å². The van der Waals surface area contributed by atoms with Crippen LogP contribution >= 0.6 is 15.9 Å². The average molecular weight is 339 g/mol. The van der Waals surface area contributed by atoms with Crippen molar-refractivity contribution in [3.8, 4) is 0 Å². The van der Waals surface area contributed by atoms with E-state index in [0.717, 1.165) is 25.8 Å². The lowest BCUT2D eigenvalue weighted by Crippen LogP contribution is -2.58. The number of nitrogens with zero attached hydrogens (tertiary/aromatic N) is 1. The van der Waals surface area contributed by atoms with Gasteiger partial charge in [0.25, 0.3) is 0 Å². The van der Waals surface area contributed by atoms with E-state index in [2.05, 4.69) is 59.9 Å². The molecule has 2 unspecified atom stereocenters. The number of hydrogen-bond acceptors (Lipinski definition) is 2. The second-order valence-corrected chi connectivity index (χ2v) is 7.18. The van der Waals surface area contributed by atoms with E-state index in [4.69, 9.17) is 5.73 Å². The Hall–Kier alpha value is -0.380. The van der Waals surface area contributed by atoms with Gasteiger partial charge < -0.3 is 5.73 Å². The molecule has 20 heavy (non-hydrogen) atoms. The van der Waals surface area contributed by atoms with Crippen LogP contribution in [0.15, 0.2) is 22.7 Å². The third kappa shape index (κ3) is 3.10. The summed E-state index contributed by atoms with van der Waals surface area (Å²) in [5, 5.41) is 0. The van der Waals surface area contributed by atoms with Crippen LogP contribution in [0.3, 0.4) is 0 Å². The molecule has 0 amide bonds. The zero-order valence-corrected chi connectivity index (χ0v) is 14.5. The topological polar surface area (TPSA) is 29.3 Å². The smallest absolute Gasteiger partial charge is 0.0374 e. The van der Waals surface area contributed by atoms with Crippen LogP contribution in [-0.2, 0) is 12.8 Å². The van der Waals surface area contributed by atoms with Crippen molar-refractivity contribution >= 4 is 15.9 Å². The molecule has 3 heteroatoms. The Bertz CT molecular complexity index is 460. The summed E-state index contributed by atoms with van der Waals surface area (Å²) in [5.74, 6) is 0. The zero-order valence-electron chi connectivity index (χ0n) is 13.0. The molecule has 2 nitrogen and oxygen atoms in total. The molecular weight excluding hydrogens is 312 g/mol. The highest BCUT2D eigenvalue weighted by Gasteiger charge is 2.38. The van der Waals surface area contributed by atoms with Crippen LogP contribution in [0.25, 0.3) is 0 Å². The van der Waals surface area contributed by atoms with E-state index < -0.39 is 0 Å². The minimum Gasteiger partial charge on any atom is -0.329 e. The minimum atomic E-state index is 0.134. The van der Waals surface area contributed by atoms with Gasteiger partial charge in [0.2, 0.25) is 0 Å². The first-order valence-corrected chi connectivity index (χ1v) is 8.52. The van der Waals surface area contributed by atoms with Gasteiger partial charge in [0, 0.05) is 22.6 Å². The number of likely N-dealkylation sites (N-methyl/N-ethyl adjacent to an activating group) is 1. The van der Waals surface area contributed by atoms with Crippen LogP contribution in [0.1, 0.15) is 44.2 Å². The van der Waals surface area contributed by atoms with Gasteiger partial charge in [0.15, 0.2) is 0 Å². The van der Waals surface area contributed by atoms with Gasteiger partial charge in [0.05, 0.1) is 0 Å². The number of benzene rings is 1. The first-order valence-electron chi connectivity index (χ1n) is 7.72. The molecular formula is C17H27BrN2. The Morgan fingerprint density at radius 1 is 1.40 bits per heavy atom. The van der Waals surface area contributed by atoms with Crippen LogP contribution in [0, 0.1) is 0 Å². The molecule has 0 fully saturated rings. The van der Waals surface area contributed by atoms with Gasteiger partial charge in [0.1, 0.15) is 0 Å². The number of rotatable bonds is 5. The molecule has 0 aliphatic heterocycles. The number of aryl methyl sites for hydroxylation is 1. The van der Waals surface area contributed by atoms with Crippen LogP contribution in [0.2, 0.25) is 0 Å². The highest BCUT2D eigenvalue weighted by Crippen LogP contribution is 2.34. The predicted octanol–water partition coefficient (Wildman–Crippen LogP) is 3.76. The van der Waals surface area contributed by atoms with Crippen molar-refractivity contribution in [3.63, 3.8) is 0 Å². The van der Waals surface area contributed by atoms with Gasteiger partial charge in [-0.15, -0.1) is 0 Å². The van der Waals surface area contributed by atoms with Crippen LogP contribution in [0.5, 0.6) is 0 Å². The van der Waals surface area contributed by atoms with E-state index in [1.807, 2.05) is 0 Å². The van der Waals surface area contributed by atoms with Gasteiger partial charge in [-0.3, -0.25) is 4.90 Å². The molecule has 2 N–H and O–H groups in total. The third-order valence-electron chi connectivity index (χ3n) is 5.04. The summed E-state index contributed by atoms with van der Waals surface area (Å²) < 4.78 is 1.18. The lowest BCUT2D eigenvalue weighted by atomic mass is 9.76. The molecule has 0 spiro atoms.